The Morgan fingerprint density at radius 1 is 0.805 bits per heavy atom. The van der Waals surface area contributed by atoms with Crippen molar-refractivity contribution in [3.63, 3.8) is 0 Å². The zero-order valence-corrected chi connectivity index (χ0v) is 24.3. The first kappa shape index (κ1) is 27.7. The van der Waals surface area contributed by atoms with Crippen LogP contribution in [-0.2, 0) is 12.0 Å². The van der Waals surface area contributed by atoms with E-state index in [1.807, 2.05) is 42.6 Å². The van der Waals surface area contributed by atoms with Crippen molar-refractivity contribution in [2.45, 2.75) is 32.7 Å². The van der Waals surface area contributed by atoms with E-state index in [2.05, 4.69) is 72.4 Å². The summed E-state index contributed by atoms with van der Waals surface area (Å²) in [6.45, 7) is 7.26. The summed E-state index contributed by atoms with van der Waals surface area (Å²) >= 11 is 0. The molecule has 8 heteroatoms. The zero-order valence-electron chi connectivity index (χ0n) is 24.3. The van der Waals surface area contributed by atoms with E-state index in [9.17, 15) is 0 Å². The number of aromatic nitrogens is 3. The minimum atomic E-state index is 0.0839. The van der Waals surface area contributed by atoms with E-state index in [1.165, 1.54) is 5.56 Å². The van der Waals surface area contributed by atoms with E-state index < -0.39 is 0 Å². The van der Waals surface area contributed by atoms with Crippen LogP contribution in [0.2, 0.25) is 0 Å². The van der Waals surface area contributed by atoms with Gasteiger partial charge in [0.25, 0.3) is 0 Å². The fourth-order valence-electron chi connectivity index (χ4n) is 4.65. The van der Waals surface area contributed by atoms with Crippen LogP contribution >= 0.6 is 0 Å². The molecule has 0 bridgehead atoms. The zero-order chi connectivity index (χ0) is 29.0. The van der Waals surface area contributed by atoms with Gasteiger partial charge < -0.3 is 24.4 Å². The second-order valence-corrected chi connectivity index (χ2v) is 10.7. The monoisotopic (exact) mass is 549 g/mol. The highest BCUT2D eigenvalue weighted by Gasteiger charge is 2.18. The molecule has 0 saturated heterocycles. The van der Waals surface area contributed by atoms with Gasteiger partial charge in [0.2, 0.25) is 11.7 Å². The average Bonchev–Trinajstić information content (AvgIpc) is 2.99. The molecule has 2 heterocycles. The highest BCUT2D eigenvalue weighted by Crippen LogP contribution is 2.40. The van der Waals surface area contributed by atoms with E-state index in [0.717, 1.165) is 28.0 Å². The van der Waals surface area contributed by atoms with Gasteiger partial charge in [-0.2, -0.15) is 4.98 Å². The van der Waals surface area contributed by atoms with Crippen LogP contribution in [0.5, 0.6) is 17.2 Å². The molecule has 0 spiro atoms. The summed E-state index contributed by atoms with van der Waals surface area (Å²) < 4.78 is 16.5. The number of benzene rings is 3. The van der Waals surface area contributed by atoms with Crippen LogP contribution in [0, 0.1) is 0 Å². The number of rotatable bonds is 9. The van der Waals surface area contributed by atoms with E-state index in [4.69, 9.17) is 24.2 Å². The number of nitrogens with zero attached hydrogens (tertiary/aromatic N) is 4. The number of anilines is 4. The molecule has 0 aliphatic heterocycles. The third-order valence-electron chi connectivity index (χ3n) is 6.89. The van der Waals surface area contributed by atoms with Crippen LogP contribution in [0.3, 0.4) is 0 Å². The lowest BCUT2D eigenvalue weighted by Crippen LogP contribution is -2.19. The molecule has 5 aromatic rings. The van der Waals surface area contributed by atoms with Crippen molar-refractivity contribution < 1.29 is 14.2 Å². The Kier molecular flexibility index (Phi) is 7.92. The van der Waals surface area contributed by atoms with Gasteiger partial charge in [0.15, 0.2) is 11.5 Å². The maximum absolute atomic E-state index is 5.51. The Bertz CT molecular complexity index is 1620. The van der Waals surface area contributed by atoms with Crippen LogP contribution in [0.15, 0.2) is 85.2 Å². The second-order valence-electron chi connectivity index (χ2n) is 10.7. The lowest BCUT2D eigenvalue weighted by atomic mass is 9.87. The summed E-state index contributed by atoms with van der Waals surface area (Å²) in [5.41, 5.74) is 5.11. The molecule has 0 saturated carbocycles. The number of nitrogens with one attached hydrogen (secondary N) is 1. The molecule has 0 unspecified atom stereocenters. The summed E-state index contributed by atoms with van der Waals surface area (Å²) in [6.07, 6.45) is 3.63. The van der Waals surface area contributed by atoms with Gasteiger partial charge in [-0.1, -0.05) is 63.2 Å². The normalized spacial score (nSPS) is 11.3. The molecule has 1 N–H and O–H groups in total. The number of fused-ring (bicyclic) bond motifs is 1. The molecule has 0 atom stereocenters. The first-order valence-corrected chi connectivity index (χ1v) is 13.4. The molecule has 0 radical (unpaired) electrons. The fourth-order valence-corrected chi connectivity index (χ4v) is 4.65. The minimum absolute atomic E-state index is 0.0839. The summed E-state index contributed by atoms with van der Waals surface area (Å²) in [6, 6.07) is 24.5. The summed E-state index contributed by atoms with van der Waals surface area (Å²) in [4.78, 5) is 16.2. The van der Waals surface area contributed by atoms with Crippen LogP contribution < -0.4 is 24.4 Å². The average molecular weight is 550 g/mol. The van der Waals surface area contributed by atoms with E-state index in [0.29, 0.717) is 35.4 Å². The Morgan fingerprint density at radius 2 is 1.51 bits per heavy atom. The predicted molar refractivity (Wildman–Crippen MR) is 164 cm³/mol. The van der Waals surface area contributed by atoms with Crippen molar-refractivity contribution in [1.29, 1.82) is 0 Å². The molecule has 0 aliphatic rings. The SMILES string of the molecule is COc1cc(Nc2nccc(N(Cc3ccc(C(C)(C)C)cc3)c3cnc4ccccc4c3)n2)cc(OC)c1OC. The Balaban J connectivity index is 1.52. The van der Waals surface area contributed by atoms with Crippen LogP contribution in [0.25, 0.3) is 10.9 Å². The minimum Gasteiger partial charge on any atom is -0.493 e. The van der Waals surface area contributed by atoms with Gasteiger partial charge in [-0.15, -0.1) is 0 Å². The van der Waals surface area contributed by atoms with Gasteiger partial charge in [-0.05, 0) is 34.7 Å². The van der Waals surface area contributed by atoms with Crippen LogP contribution in [-0.4, -0.2) is 36.3 Å². The fraction of sp³-hybridized carbons (Fsp3) is 0.242. The van der Waals surface area contributed by atoms with Gasteiger partial charge in [0.05, 0.1) is 38.7 Å². The topological polar surface area (TPSA) is 81.6 Å². The number of pyridine rings is 1. The van der Waals surface area contributed by atoms with Crippen molar-refractivity contribution >= 4 is 34.0 Å². The lowest BCUT2D eigenvalue weighted by Gasteiger charge is -2.25. The Labute approximate surface area is 241 Å². The molecule has 210 valence electrons. The van der Waals surface area contributed by atoms with Crippen molar-refractivity contribution in [3.05, 3.63) is 96.3 Å². The number of ether oxygens (including phenoxy) is 3. The standard InChI is InChI=1S/C33H35N5O3/c1-33(2,3)24-13-11-22(12-14-24)21-38(26-17-23-9-7-8-10-27(23)35-20-26)30-15-16-34-32(37-30)36-25-18-28(39-4)31(41-6)29(19-25)40-5/h7-20H,21H2,1-6H3,(H,34,36,37). The molecule has 5 rings (SSSR count). The van der Waals surface area contributed by atoms with E-state index in [-0.39, 0.29) is 5.41 Å². The number of hydrogen-bond donors (Lipinski definition) is 1. The Hall–Kier alpha value is -4.85. The quantitative estimate of drug-likeness (QED) is 0.203. The third kappa shape index (κ3) is 6.17. The number of methoxy groups -OCH3 is 3. The molecule has 41 heavy (non-hydrogen) atoms. The Morgan fingerprint density at radius 3 is 2.17 bits per heavy atom. The molecule has 2 aromatic heterocycles. The molecule has 8 nitrogen and oxygen atoms in total. The van der Waals surface area contributed by atoms with Gasteiger partial charge >= 0.3 is 0 Å². The molecule has 0 amide bonds. The predicted octanol–water partition coefficient (Wildman–Crippen LogP) is 7.43. The van der Waals surface area contributed by atoms with E-state index in [1.54, 1.807) is 27.5 Å². The summed E-state index contributed by atoms with van der Waals surface area (Å²) in [5.74, 6) is 2.74. The van der Waals surface area contributed by atoms with Gasteiger partial charge in [0.1, 0.15) is 5.82 Å². The van der Waals surface area contributed by atoms with Crippen molar-refractivity contribution in [2.75, 3.05) is 31.5 Å². The molecular formula is C33H35N5O3. The largest absolute Gasteiger partial charge is 0.493 e. The summed E-state index contributed by atoms with van der Waals surface area (Å²) in [7, 11) is 4.75. The smallest absolute Gasteiger partial charge is 0.229 e. The number of hydrogen-bond acceptors (Lipinski definition) is 8. The van der Waals surface area contributed by atoms with Crippen molar-refractivity contribution in [1.82, 2.24) is 15.0 Å². The first-order chi connectivity index (χ1) is 19.8. The highest BCUT2D eigenvalue weighted by molar-refractivity contribution is 5.82. The molecular weight excluding hydrogens is 514 g/mol. The van der Waals surface area contributed by atoms with Gasteiger partial charge in [-0.3, -0.25) is 4.98 Å². The van der Waals surface area contributed by atoms with Crippen molar-refractivity contribution in [2.24, 2.45) is 0 Å². The van der Waals surface area contributed by atoms with Crippen LogP contribution in [0.4, 0.5) is 23.1 Å². The highest BCUT2D eigenvalue weighted by atomic mass is 16.5. The molecule has 0 fully saturated rings. The number of para-hydroxylation sites is 1. The van der Waals surface area contributed by atoms with Crippen LogP contribution in [0.1, 0.15) is 31.9 Å². The first-order valence-electron chi connectivity index (χ1n) is 13.4. The van der Waals surface area contributed by atoms with Gasteiger partial charge in [-0.25, -0.2) is 4.98 Å². The molecule has 0 aliphatic carbocycles. The maximum atomic E-state index is 5.51. The summed E-state index contributed by atoms with van der Waals surface area (Å²) in [5, 5.41) is 4.35. The van der Waals surface area contributed by atoms with Gasteiger partial charge in [0, 0.05) is 35.9 Å². The maximum Gasteiger partial charge on any atom is 0.229 e. The lowest BCUT2D eigenvalue weighted by molar-refractivity contribution is 0.324. The second kappa shape index (κ2) is 11.7. The third-order valence-corrected chi connectivity index (χ3v) is 6.89. The van der Waals surface area contributed by atoms with Crippen molar-refractivity contribution in [3.8, 4) is 17.2 Å². The van der Waals surface area contributed by atoms with E-state index >= 15 is 0 Å². The molecule has 3 aromatic carbocycles.